The minimum atomic E-state index is 0.640. The van der Waals surface area contributed by atoms with Gasteiger partial charge >= 0.3 is 0 Å². The predicted octanol–water partition coefficient (Wildman–Crippen LogP) is 7.13. The summed E-state index contributed by atoms with van der Waals surface area (Å²) in [7, 11) is 0. The van der Waals surface area contributed by atoms with Gasteiger partial charge < -0.3 is 11.5 Å². The van der Waals surface area contributed by atoms with E-state index >= 15 is 0 Å². The number of benzene rings is 1. The molecule has 0 aliphatic carbocycles. The number of unbranched alkanes of at least 4 members (excludes halogenated alkanes) is 12. The van der Waals surface area contributed by atoms with Crippen molar-refractivity contribution in [3.63, 3.8) is 0 Å². The van der Waals surface area contributed by atoms with Crippen LogP contribution in [0.1, 0.15) is 102 Å². The monoisotopic (exact) mass is 374 g/mol. The quantitative estimate of drug-likeness (QED) is 0.239. The van der Waals surface area contributed by atoms with Crippen LogP contribution >= 0.6 is 0 Å². The standard InChI is InChI=1S/C18H37N.C7H9N/c1-2-3-4-5-6-7-8-9-10-11-12-13-14-15-16-17-18-19;8-6-7-4-2-1-3-5-7/h9-10H,2-8,11-19H2,1H3;1-5H,6,8H2/b10-9-;. The predicted molar refractivity (Wildman–Crippen MR) is 123 cm³/mol. The second kappa shape index (κ2) is 22.9. The molecule has 1 aromatic rings. The molecule has 1 aromatic carbocycles. The van der Waals surface area contributed by atoms with Crippen molar-refractivity contribution in [2.24, 2.45) is 11.5 Å². The fourth-order valence-electron chi connectivity index (χ4n) is 3.01. The van der Waals surface area contributed by atoms with Gasteiger partial charge in [-0.1, -0.05) is 107 Å². The van der Waals surface area contributed by atoms with Crippen molar-refractivity contribution in [3.8, 4) is 0 Å². The molecule has 0 heterocycles. The maximum Gasteiger partial charge on any atom is 0.0178 e. The lowest BCUT2D eigenvalue weighted by atomic mass is 10.1. The second-order valence-corrected chi connectivity index (χ2v) is 7.42. The molecule has 0 saturated heterocycles. The van der Waals surface area contributed by atoms with E-state index in [1.54, 1.807) is 0 Å². The first-order valence-electron chi connectivity index (χ1n) is 11.4. The van der Waals surface area contributed by atoms with E-state index in [1.165, 1.54) is 95.5 Å². The Kier molecular flexibility index (Phi) is 22.0. The molecule has 0 saturated carbocycles. The lowest BCUT2D eigenvalue weighted by Crippen LogP contribution is -1.97. The zero-order chi connectivity index (χ0) is 19.8. The number of rotatable bonds is 16. The molecule has 27 heavy (non-hydrogen) atoms. The van der Waals surface area contributed by atoms with Crippen LogP contribution in [0.3, 0.4) is 0 Å². The SMILES string of the molecule is CCCCCCCC/C=C\CCCCCCCCN.NCc1ccccc1. The van der Waals surface area contributed by atoms with Crippen molar-refractivity contribution >= 4 is 0 Å². The number of hydrogen-bond donors (Lipinski definition) is 2. The lowest BCUT2D eigenvalue weighted by molar-refractivity contribution is 0.599. The highest BCUT2D eigenvalue weighted by molar-refractivity contribution is 5.13. The fourth-order valence-corrected chi connectivity index (χ4v) is 3.01. The third-order valence-corrected chi connectivity index (χ3v) is 4.79. The second-order valence-electron chi connectivity index (χ2n) is 7.42. The van der Waals surface area contributed by atoms with Gasteiger partial charge in [-0.05, 0) is 44.2 Å². The van der Waals surface area contributed by atoms with Crippen molar-refractivity contribution in [1.29, 1.82) is 0 Å². The minimum Gasteiger partial charge on any atom is -0.330 e. The van der Waals surface area contributed by atoms with E-state index < -0.39 is 0 Å². The Morgan fingerprint density at radius 1 is 0.630 bits per heavy atom. The number of nitrogens with two attached hydrogens (primary N) is 2. The molecule has 0 fully saturated rings. The third-order valence-electron chi connectivity index (χ3n) is 4.79. The number of hydrogen-bond acceptors (Lipinski definition) is 2. The molecule has 0 aromatic heterocycles. The van der Waals surface area contributed by atoms with Gasteiger partial charge in [0.15, 0.2) is 0 Å². The molecule has 0 amide bonds. The summed E-state index contributed by atoms with van der Waals surface area (Å²) in [6, 6.07) is 9.99. The molecule has 0 aliphatic heterocycles. The van der Waals surface area contributed by atoms with Crippen molar-refractivity contribution in [1.82, 2.24) is 0 Å². The first kappa shape index (κ1) is 25.9. The highest BCUT2D eigenvalue weighted by Gasteiger charge is 1.90. The zero-order valence-electron chi connectivity index (χ0n) is 18.0. The summed E-state index contributed by atoms with van der Waals surface area (Å²) in [5.41, 5.74) is 12.0. The highest BCUT2D eigenvalue weighted by atomic mass is 14.5. The summed E-state index contributed by atoms with van der Waals surface area (Å²) in [5, 5.41) is 0. The molecular weight excluding hydrogens is 328 g/mol. The van der Waals surface area contributed by atoms with E-state index in [1.807, 2.05) is 30.3 Å². The van der Waals surface area contributed by atoms with E-state index in [4.69, 9.17) is 11.5 Å². The van der Waals surface area contributed by atoms with Crippen molar-refractivity contribution in [2.75, 3.05) is 6.54 Å². The van der Waals surface area contributed by atoms with Gasteiger partial charge in [-0.2, -0.15) is 0 Å². The summed E-state index contributed by atoms with van der Waals surface area (Å²) in [5.74, 6) is 0. The Hall–Kier alpha value is -1.12. The van der Waals surface area contributed by atoms with E-state index in [-0.39, 0.29) is 0 Å². The maximum atomic E-state index is 5.47. The third kappa shape index (κ3) is 21.0. The van der Waals surface area contributed by atoms with Gasteiger partial charge in [0, 0.05) is 6.54 Å². The summed E-state index contributed by atoms with van der Waals surface area (Å²) < 4.78 is 0. The van der Waals surface area contributed by atoms with E-state index in [0.717, 1.165) is 6.54 Å². The Balaban J connectivity index is 0.000000694. The molecule has 0 unspecified atom stereocenters. The summed E-state index contributed by atoms with van der Waals surface area (Å²) in [4.78, 5) is 0. The van der Waals surface area contributed by atoms with Crippen LogP contribution in [0.25, 0.3) is 0 Å². The maximum absolute atomic E-state index is 5.47. The van der Waals surface area contributed by atoms with Crippen LogP contribution in [0, 0.1) is 0 Å². The fraction of sp³-hybridized carbons (Fsp3) is 0.680. The van der Waals surface area contributed by atoms with Crippen molar-refractivity contribution in [2.45, 2.75) is 103 Å². The smallest absolute Gasteiger partial charge is 0.0178 e. The Labute approximate surface area is 169 Å². The molecule has 156 valence electrons. The van der Waals surface area contributed by atoms with Gasteiger partial charge in [-0.15, -0.1) is 0 Å². The average molecular weight is 375 g/mol. The van der Waals surface area contributed by atoms with E-state index in [0.29, 0.717) is 6.54 Å². The van der Waals surface area contributed by atoms with Gasteiger partial charge in [0.05, 0.1) is 0 Å². The Morgan fingerprint density at radius 3 is 1.56 bits per heavy atom. The van der Waals surface area contributed by atoms with Gasteiger partial charge in [0.25, 0.3) is 0 Å². The summed E-state index contributed by atoms with van der Waals surface area (Å²) in [6.07, 6.45) is 23.9. The molecule has 4 N–H and O–H groups in total. The molecule has 2 nitrogen and oxygen atoms in total. The first-order valence-corrected chi connectivity index (χ1v) is 11.4. The molecule has 0 radical (unpaired) electrons. The Morgan fingerprint density at radius 2 is 1.11 bits per heavy atom. The van der Waals surface area contributed by atoms with Crippen LogP contribution < -0.4 is 11.5 Å². The lowest BCUT2D eigenvalue weighted by Gasteiger charge is -1.99. The van der Waals surface area contributed by atoms with Crippen molar-refractivity contribution < 1.29 is 0 Å². The largest absolute Gasteiger partial charge is 0.330 e. The molecule has 0 spiro atoms. The van der Waals surface area contributed by atoms with E-state index in [2.05, 4.69) is 19.1 Å². The van der Waals surface area contributed by atoms with Gasteiger partial charge in [-0.25, -0.2) is 0 Å². The molecule has 0 aliphatic rings. The van der Waals surface area contributed by atoms with Gasteiger partial charge in [0.2, 0.25) is 0 Å². The Bertz CT molecular complexity index is 400. The molecule has 0 atom stereocenters. The summed E-state index contributed by atoms with van der Waals surface area (Å²) >= 11 is 0. The van der Waals surface area contributed by atoms with Crippen molar-refractivity contribution in [3.05, 3.63) is 48.0 Å². The van der Waals surface area contributed by atoms with Crippen LogP contribution in [0.2, 0.25) is 0 Å². The van der Waals surface area contributed by atoms with Crippen LogP contribution in [0.4, 0.5) is 0 Å². The normalized spacial score (nSPS) is 10.8. The van der Waals surface area contributed by atoms with Crippen LogP contribution in [0.15, 0.2) is 42.5 Å². The van der Waals surface area contributed by atoms with Crippen LogP contribution in [-0.4, -0.2) is 6.54 Å². The molecule has 2 heteroatoms. The highest BCUT2D eigenvalue weighted by Crippen LogP contribution is 2.09. The molecular formula is C25H46N2. The van der Waals surface area contributed by atoms with E-state index in [9.17, 15) is 0 Å². The van der Waals surface area contributed by atoms with Gasteiger partial charge in [0.1, 0.15) is 0 Å². The minimum absolute atomic E-state index is 0.640. The topological polar surface area (TPSA) is 52.0 Å². The molecule has 1 rings (SSSR count). The van der Waals surface area contributed by atoms with Gasteiger partial charge in [-0.3, -0.25) is 0 Å². The number of allylic oxidation sites excluding steroid dienone is 2. The average Bonchev–Trinajstić information content (AvgIpc) is 2.72. The van der Waals surface area contributed by atoms with Crippen LogP contribution in [0.5, 0.6) is 0 Å². The first-order chi connectivity index (χ1) is 13.3. The summed E-state index contributed by atoms with van der Waals surface area (Å²) in [6.45, 7) is 3.78. The van der Waals surface area contributed by atoms with Crippen LogP contribution in [-0.2, 0) is 6.54 Å². The zero-order valence-corrected chi connectivity index (χ0v) is 18.0. The molecule has 0 bridgehead atoms.